The zero-order chi connectivity index (χ0) is 15.3. The Morgan fingerprint density at radius 1 is 1.32 bits per heavy atom. The Morgan fingerprint density at radius 3 is 2.77 bits per heavy atom. The molecule has 3 aromatic rings. The van der Waals surface area contributed by atoms with Crippen molar-refractivity contribution in [1.29, 1.82) is 0 Å². The number of pyridine rings is 1. The fourth-order valence-corrected chi connectivity index (χ4v) is 2.53. The second kappa shape index (κ2) is 4.39. The molecule has 3 aromatic heterocycles. The number of anilines is 1. The van der Waals surface area contributed by atoms with Gasteiger partial charge in [0.1, 0.15) is 0 Å². The topological polar surface area (TPSA) is 102 Å². The van der Waals surface area contributed by atoms with Crippen LogP contribution in [0.5, 0.6) is 0 Å². The van der Waals surface area contributed by atoms with Crippen molar-refractivity contribution in [2.75, 3.05) is 5.73 Å². The zero-order valence-corrected chi connectivity index (χ0v) is 11.7. The minimum atomic E-state index is -0.165. The van der Waals surface area contributed by atoms with E-state index in [4.69, 9.17) is 5.73 Å². The number of nitrogen functional groups attached to an aromatic ring is 1. The van der Waals surface area contributed by atoms with Crippen LogP contribution >= 0.6 is 0 Å². The number of aryl methyl sites for hydroxylation is 1. The summed E-state index contributed by atoms with van der Waals surface area (Å²) >= 11 is 0. The molecule has 0 atom stereocenters. The number of aromatic nitrogens is 5. The molecule has 0 amide bonds. The fraction of sp³-hybridized carbons (Fsp3) is 0.0667. The predicted octanol–water partition coefficient (Wildman–Crippen LogP) is 1.48. The maximum Gasteiger partial charge on any atom is 0.264 e. The number of hydrogen-bond acceptors (Lipinski definition) is 5. The molecule has 7 nitrogen and oxygen atoms in total. The van der Waals surface area contributed by atoms with E-state index in [0.717, 1.165) is 22.3 Å². The molecule has 3 N–H and O–H groups in total. The van der Waals surface area contributed by atoms with Crippen LogP contribution in [0.4, 0.5) is 5.95 Å². The van der Waals surface area contributed by atoms with Gasteiger partial charge in [-0.25, -0.2) is 4.98 Å². The number of H-pyrrole nitrogens is 1. The summed E-state index contributed by atoms with van der Waals surface area (Å²) in [5.74, 6) is 0.151. The molecule has 0 saturated carbocycles. The van der Waals surface area contributed by atoms with Crippen LogP contribution in [0.3, 0.4) is 0 Å². The Morgan fingerprint density at radius 2 is 2.14 bits per heavy atom. The highest BCUT2D eigenvalue weighted by Crippen LogP contribution is 2.25. The first-order chi connectivity index (χ1) is 10.6. The van der Waals surface area contributed by atoms with Crippen LogP contribution in [-0.4, -0.2) is 24.7 Å². The Kier molecular flexibility index (Phi) is 2.50. The van der Waals surface area contributed by atoms with Crippen LogP contribution in [-0.2, 0) is 0 Å². The van der Waals surface area contributed by atoms with Gasteiger partial charge in [-0.15, -0.1) is 0 Å². The molecule has 108 valence electrons. The highest BCUT2D eigenvalue weighted by atomic mass is 16.1. The minimum Gasteiger partial charge on any atom is -0.368 e. The van der Waals surface area contributed by atoms with Crippen LogP contribution in [0.1, 0.15) is 5.69 Å². The smallest absolute Gasteiger partial charge is 0.264 e. The van der Waals surface area contributed by atoms with Gasteiger partial charge in [-0.2, -0.15) is 10.1 Å². The minimum absolute atomic E-state index is 0.151. The zero-order valence-electron chi connectivity index (χ0n) is 11.7. The molecule has 0 unspecified atom stereocenters. The molecule has 0 aromatic carbocycles. The van der Waals surface area contributed by atoms with Gasteiger partial charge in [-0.1, -0.05) is 6.08 Å². The van der Waals surface area contributed by atoms with Gasteiger partial charge in [-0.3, -0.25) is 14.5 Å². The van der Waals surface area contributed by atoms with Gasteiger partial charge >= 0.3 is 0 Å². The van der Waals surface area contributed by atoms with Gasteiger partial charge in [0.15, 0.2) is 5.65 Å². The van der Waals surface area contributed by atoms with Crippen molar-refractivity contribution in [1.82, 2.24) is 24.7 Å². The lowest BCUT2D eigenvalue weighted by Gasteiger charge is -2.16. The van der Waals surface area contributed by atoms with Crippen molar-refractivity contribution >= 4 is 22.7 Å². The molecule has 0 fully saturated rings. The first-order valence-corrected chi connectivity index (χ1v) is 6.73. The molecule has 0 spiro atoms. The largest absolute Gasteiger partial charge is 0.368 e. The quantitative estimate of drug-likeness (QED) is 0.744. The average Bonchev–Trinajstić information content (AvgIpc) is 2.93. The van der Waals surface area contributed by atoms with E-state index in [-0.39, 0.29) is 11.5 Å². The Labute approximate surface area is 124 Å². The van der Waals surface area contributed by atoms with Gasteiger partial charge < -0.3 is 5.73 Å². The average molecular weight is 292 g/mol. The monoisotopic (exact) mass is 292 g/mol. The van der Waals surface area contributed by atoms with Crippen molar-refractivity contribution in [3.8, 4) is 11.1 Å². The summed E-state index contributed by atoms with van der Waals surface area (Å²) in [4.78, 5) is 21.3. The third kappa shape index (κ3) is 1.69. The lowest BCUT2D eigenvalue weighted by Crippen LogP contribution is -2.23. The van der Waals surface area contributed by atoms with E-state index in [1.54, 1.807) is 23.0 Å². The molecular formula is C15H12N6O. The molecule has 3 heterocycles. The molecule has 1 aliphatic carbocycles. The van der Waals surface area contributed by atoms with Crippen molar-refractivity contribution < 1.29 is 0 Å². The van der Waals surface area contributed by atoms with Crippen molar-refractivity contribution in [2.45, 2.75) is 6.92 Å². The second-order valence-electron chi connectivity index (χ2n) is 5.04. The number of fused-ring (bicyclic) bond motifs is 1. The third-order valence-corrected chi connectivity index (χ3v) is 3.67. The summed E-state index contributed by atoms with van der Waals surface area (Å²) in [7, 11) is 0. The molecule has 0 aliphatic heterocycles. The Bertz CT molecular complexity index is 1010. The number of aromatic amines is 1. The van der Waals surface area contributed by atoms with E-state index in [0.29, 0.717) is 11.2 Å². The van der Waals surface area contributed by atoms with E-state index in [1.807, 2.05) is 25.2 Å². The number of hydrogen-bond donors (Lipinski definition) is 2. The van der Waals surface area contributed by atoms with Gasteiger partial charge in [0.05, 0.1) is 23.2 Å². The van der Waals surface area contributed by atoms with Crippen LogP contribution in [0, 0.1) is 6.92 Å². The highest BCUT2D eigenvalue weighted by Gasteiger charge is 2.18. The molecule has 0 bridgehead atoms. The van der Waals surface area contributed by atoms with Crippen molar-refractivity contribution in [3.63, 3.8) is 0 Å². The number of rotatable bonds is 2. The van der Waals surface area contributed by atoms with Crippen LogP contribution in [0.15, 0.2) is 41.5 Å². The maximum atomic E-state index is 12.9. The summed E-state index contributed by atoms with van der Waals surface area (Å²) in [5.41, 5.74) is 8.86. The SMILES string of the molecule is Cc1nc(N)nc2c1cc(-c1cn[nH]c1)c(=O)n2C1=CC=C1. The number of nitrogens with one attached hydrogen (secondary N) is 1. The van der Waals surface area contributed by atoms with E-state index in [1.165, 1.54) is 0 Å². The molecular weight excluding hydrogens is 280 g/mol. The number of allylic oxidation sites excluding steroid dienone is 4. The lowest BCUT2D eigenvalue weighted by molar-refractivity contribution is 1.03. The summed E-state index contributed by atoms with van der Waals surface area (Å²) < 4.78 is 1.56. The van der Waals surface area contributed by atoms with Crippen LogP contribution in [0.25, 0.3) is 27.9 Å². The summed E-state index contributed by atoms with van der Waals surface area (Å²) in [6.07, 6.45) is 8.88. The Balaban J connectivity index is 2.17. The van der Waals surface area contributed by atoms with E-state index in [2.05, 4.69) is 20.2 Å². The molecule has 0 radical (unpaired) electrons. The first-order valence-electron chi connectivity index (χ1n) is 6.73. The third-order valence-electron chi connectivity index (χ3n) is 3.67. The van der Waals surface area contributed by atoms with Gasteiger partial charge in [-0.05, 0) is 25.1 Å². The molecule has 22 heavy (non-hydrogen) atoms. The van der Waals surface area contributed by atoms with Gasteiger partial charge in [0.25, 0.3) is 5.56 Å². The summed E-state index contributed by atoms with van der Waals surface area (Å²) in [5, 5.41) is 7.42. The van der Waals surface area contributed by atoms with Crippen molar-refractivity contribution in [3.05, 3.63) is 52.7 Å². The number of nitrogens with zero attached hydrogens (tertiary/aromatic N) is 4. The standard InChI is InChI=1S/C15H12N6O/c1-8-11-5-12(9-6-17-18-7-9)14(22)21(10-3-2-4-10)13(11)20-15(16)19-8/h2-7H,1H3,(H,17,18)(H2,16,19,20). The molecule has 4 rings (SSSR count). The summed E-state index contributed by atoms with van der Waals surface area (Å²) in [6, 6.07) is 1.79. The van der Waals surface area contributed by atoms with Crippen LogP contribution < -0.4 is 11.3 Å². The van der Waals surface area contributed by atoms with Gasteiger partial charge in [0, 0.05) is 17.1 Å². The Hall–Kier alpha value is -3.22. The normalized spacial score (nSPS) is 13.2. The number of nitrogens with two attached hydrogens (primary N) is 1. The van der Waals surface area contributed by atoms with Gasteiger partial charge in [0.2, 0.25) is 5.95 Å². The second-order valence-corrected chi connectivity index (χ2v) is 5.04. The van der Waals surface area contributed by atoms with E-state index < -0.39 is 0 Å². The van der Waals surface area contributed by atoms with E-state index in [9.17, 15) is 4.79 Å². The molecule has 0 saturated heterocycles. The van der Waals surface area contributed by atoms with Crippen molar-refractivity contribution in [2.24, 2.45) is 0 Å². The van der Waals surface area contributed by atoms with E-state index >= 15 is 0 Å². The summed E-state index contributed by atoms with van der Waals surface area (Å²) in [6.45, 7) is 1.85. The fourth-order valence-electron chi connectivity index (χ4n) is 2.53. The predicted molar refractivity (Wildman–Crippen MR) is 83.9 cm³/mol. The maximum absolute atomic E-state index is 12.9. The molecule has 7 heteroatoms. The lowest BCUT2D eigenvalue weighted by atomic mass is 10.1. The molecule has 1 aliphatic rings. The van der Waals surface area contributed by atoms with Crippen LogP contribution in [0.2, 0.25) is 0 Å². The highest BCUT2D eigenvalue weighted by molar-refractivity contribution is 5.88. The first kappa shape index (κ1) is 12.5.